The Kier molecular flexibility index (Phi) is 4.82. The average Bonchev–Trinajstić information content (AvgIpc) is 3.33. The molecule has 4 unspecified atom stereocenters. The maximum absolute atomic E-state index is 12.7. The average molecular weight is 345 g/mol. The number of nitrogens with zero attached hydrogens (tertiary/aromatic N) is 1. The molecule has 4 atom stereocenters. The van der Waals surface area contributed by atoms with E-state index in [1.165, 1.54) is 38.4 Å². The predicted octanol–water partition coefficient (Wildman–Crippen LogP) is 3.79. The lowest BCUT2D eigenvalue weighted by Crippen LogP contribution is -2.43. The van der Waals surface area contributed by atoms with E-state index in [1.807, 2.05) is 0 Å². The van der Waals surface area contributed by atoms with Gasteiger partial charge in [-0.15, -0.1) is 0 Å². The molecule has 2 aliphatic carbocycles. The number of esters is 1. The van der Waals surface area contributed by atoms with Crippen LogP contribution in [0.25, 0.3) is 0 Å². The van der Waals surface area contributed by atoms with Crippen LogP contribution in [0.2, 0.25) is 0 Å². The van der Waals surface area contributed by atoms with Crippen molar-refractivity contribution in [3.63, 3.8) is 0 Å². The number of hydrogen-bond acceptors (Lipinski definition) is 4. The Morgan fingerprint density at radius 3 is 2.68 bits per heavy atom. The van der Waals surface area contributed by atoms with E-state index in [0.29, 0.717) is 18.7 Å². The van der Waals surface area contributed by atoms with Crippen LogP contribution in [0.15, 0.2) is 22.8 Å². The van der Waals surface area contributed by atoms with Crippen LogP contribution in [0.3, 0.4) is 0 Å². The van der Waals surface area contributed by atoms with Gasteiger partial charge in [0.1, 0.15) is 12.1 Å². The first-order valence-corrected chi connectivity index (χ1v) is 9.77. The topological polar surface area (TPSA) is 59.8 Å². The number of hydrogen-bond donors (Lipinski definition) is 0. The van der Waals surface area contributed by atoms with E-state index < -0.39 is 6.04 Å². The molecule has 2 saturated carbocycles. The van der Waals surface area contributed by atoms with Crippen LogP contribution in [0.4, 0.5) is 0 Å². The van der Waals surface area contributed by atoms with E-state index in [2.05, 4.69) is 0 Å². The van der Waals surface area contributed by atoms with E-state index in [-0.39, 0.29) is 18.0 Å². The molecule has 5 heteroatoms. The van der Waals surface area contributed by atoms with Gasteiger partial charge in [0.25, 0.3) is 5.91 Å². The smallest absolute Gasteiger partial charge is 0.329 e. The highest BCUT2D eigenvalue weighted by molar-refractivity contribution is 5.95. The second-order valence-corrected chi connectivity index (χ2v) is 7.81. The number of carbonyl (C=O) groups is 2. The zero-order valence-corrected chi connectivity index (χ0v) is 14.7. The Bertz CT molecular complexity index is 611. The van der Waals surface area contributed by atoms with Crippen LogP contribution < -0.4 is 0 Å². The molecule has 25 heavy (non-hydrogen) atoms. The molecule has 1 aromatic heterocycles. The molecular weight excluding hydrogens is 318 g/mol. The summed E-state index contributed by atoms with van der Waals surface area (Å²) in [5.41, 5.74) is 0. The van der Waals surface area contributed by atoms with Crippen LogP contribution in [0, 0.1) is 11.8 Å². The van der Waals surface area contributed by atoms with Crippen LogP contribution in [-0.2, 0) is 9.53 Å². The minimum absolute atomic E-state index is 0.0352. The van der Waals surface area contributed by atoms with E-state index in [9.17, 15) is 9.59 Å². The van der Waals surface area contributed by atoms with Gasteiger partial charge in [0, 0.05) is 6.54 Å². The Morgan fingerprint density at radius 1 is 1.04 bits per heavy atom. The van der Waals surface area contributed by atoms with E-state index >= 15 is 0 Å². The molecular formula is C20H27NO4. The Labute approximate surface area is 148 Å². The Balaban J connectivity index is 1.36. The van der Waals surface area contributed by atoms with Gasteiger partial charge in [-0.3, -0.25) is 4.79 Å². The SMILES string of the molecule is O=C(OC1CCC2CCCCC2C1)C1CCCN1C(=O)c1ccco1. The second kappa shape index (κ2) is 7.22. The molecule has 0 bridgehead atoms. The zero-order chi connectivity index (χ0) is 17.2. The van der Waals surface area contributed by atoms with Gasteiger partial charge in [-0.25, -0.2) is 4.79 Å². The minimum Gasteiger partial charge on any atom is -0.461 e. The summed E-state index contributed by atoms with van der Waals surface area (Å²) in [6.07, 6.45) is 11.5. The second-order valence-electron chi connectivity index (χ2n) is 7.81. The number of rotatable bonds is 3. The number of amides is 1. The summed E-state index contributed by atoms with van der Waals surface area (Å²) in [7, 11) is 0. The van der Waals surface area contributed by atoms with Gasteiger partial charge in [-0.2, -0.15) is 0 Å². The van der Waals surface area contributed by atoms with Gasteiger partial charge < -0.3 is 14.1 Å². The van der Waals surface area contributed by atoms with Crippen molar-refractivity contribution in [1.82, 2.24) is 4.90 Å². The van der Waals surface area contributed by atoms with Crippen molar-refractivity contribution in [1.29, 1.82) is 0 Å². The number of ether oxygens (including phenoxy) is 1. The van der Waals surface area contributed by atoms with E-state index in [1.54, 1.807) is 17.0 Å². The van der Waals surface area contributed by atoms with Gasteiger partial charge in [0.05, 0.1) is 6.26 Å². The summed E-state index contributed by atoms with van der Waals surface area (Å²) >= 11 is 0. The lowest BCUT2D eigenvalue weighted by atomic mass is 9.70. The number of likely N-dealkylation sites (tertiary alicyclic amines) is 1. The molecule has 3 aliphatic rings. The fourth-order valence-electron chi connectivity index (χ4n) is 4.98. The fourth-order valence-corrected chi connectivity index (χ4v) is 4.98. The first-order valence-electron chi connectivity index (χ1n) is 9.77. The van der Waals surface area contributed by atoms with Crippen molar-refractivity contribution in [2.24, 2.45) is 11.8 Å². The highest BCUT2D eigenvalue weighted by Crippen LogP contribution is 2.41. The van der Waals surface area contributed by atoms with Crippen molar-refractivity contribution in [3.05, 3.63) is 24.2 Å². The molecule has 1 aromatic rings. The molecule has 1 saturated heterocycles. The van der Waals surface area contributed by atoms with Crippen molar-refractivity contribution in [2.45, 2.75) is 69.9 Å². The molecule has 1 amide bonds. The first-order chi connectivity index (χ1) is 12.2. The lowest BCUT2D eigenvalue weighted by Gasteiger charge is -2.39. The van der Waals surface area contributed by atoms with Crippen LogP contribution >= 0.6 is 0 Å². The van der Waals surface area contributed by atoms with E-state index in [4.69, 9.17) is 9.15 Å². The minimum atomic E-state index is -0.457. The molecule has 0 radical (unpaired) electrons. The molecule has 0 spiro atoms. The number of carbonyl (C=O) groups excluding carboxylic acids is 2. The van der Waals surface area contributed by atoms with Gasteiger partial charge >= 0.3 is 5.97 Å². The van der Waals surface area contributed by atoms with Crippen molar-refractivity contribution in [3.8, 4) is 0 Å². The fraction of sp³-hybridized carbons (Fsp3) is 0.700. The van der Waals surface area contributed by atoms with Crippen molar-refractivity contribution in [2.75, 3.05) is 6.54 Å². The van der Waals surface area contributed by atoms with Crippen LogP contribution in [0.1, 0.15) is 68.3 Å². The first kappa shape index (κ1) is 16.7. The largest absolute Gasteiger partial charge is 0.461 e. The van der Waals surface area contributed by atoms with E-state index in [0.717, 1.165) is 31.1 Å². The quantitative estimate of drug-likeness (QED) is 0.782. The van der Waals surface area contributed by atoms with Crippen molar-refractivity contribution >= 4 is 11.9 Å². The molecule has 4 rings (SSSR count). The third-order valence-electron chi connectivity index (χ3n) is 6.29. The molecule has 2 heterocycles. The standard InChI is InChI=1S/C20H27NO4/c22-19(18-8-4-12-24-18)21-11-3-7-17(21)20(23)25-16-10-9-14-5-1-2-6-15(14)13-16/h4,8,12,14-17H,1-3,5-7,9-11,13H2. The molecule has 3 fully saturated rings. The zero-order valence-electron chi connectivity index (χ0n) is 14.7. The maximum atomic E-state index is 12.7. The summed E-state index contributed by atoms with van der Waals surface area (Å²) in [5, 5.41) is 0. The third kappa shape index (κ3) is 3.46. The van der Waals surface area contributed by atoms with Crippen LogP contribution in [0.5, 0.6) is 0 Å². The molecule has 0 N–H and O–H groups in total. The van der Waals surface area contributed by atoms with Gasteiger partial charge in [0.2, 0.25) is 0 Å². The predicted molar refractivity (Wildman–Crippen MR) is 91.9 cm³/mol. The molecule has 136 valence electrons. The Hall–Kier alpha value is -1.78. The molecule has 0 aromatic carbocycles. The number of furan rings is 1. The van der Waals surface area contributed by atoms with Gasteiger partial charge in [0.15, 0.2) is 5.76 Å². The normalized spacial score (nSPS) is 32.2. The lowest BCUT2D eigenvalue weighted by molar-refractivity contribution is -0.157. The highest BCUT2D eigenvalue weighted by Gasteiger charge is 2.39. The number of fused-ring (bicyclic) bond motifs is 1. The van der Waals surface area contributed by atoms with Gasteiger partial charge in [-0.1, -0.05) is 25.7 Å². The maximum Gasteiger partial charge on any atom is 0.329 e. The third-order valence-corrected chi connectivity index (χ3v) is 6.29. The summed E-state index contributed by atoms with van der Waals surface area (Å²) in [6.45, 7) is 0.592. The summed E-state index contributed by atoms with van der Waals surface area (Å²) in [6, 6.07) is 2.88. The van der Waals surface area contributed by atoms with Gasteiger partial charge in [-0.05, 0) is 56.1 Å². The highest BCUT2D eigenvalue weighted by atomic mass is 16.5. The molecule has 1 aliphatic heterocycles. The monoisotopic (exact) mass is 345 g/mol. The summed E-state index contributed by atoms with van der Waals surface area (Å²) < 4.78 is 11.1. The summed E-state index contributed by atoms with van der Waals surface area (Å²) in [5.74, 6) is 1.43. The Morgan fingerprint density at radius 2 is 1.88 bits per heavy atom. The van der Waals surface area contributed by atoms with Crippen molar-refractivity contribution < 1.29 is 18.7 Å². The molecule has 5 nitrogen and oxygen atoms in total. The van der Waals surface area contributed by atoms with Crippen LogP contribution in [-0.4, -0.2) is 35.5 Å². The summed E-state index contributed by atoms with van der Waals surface area (Å²) in [4.78, 5) is 26.9.